The van der Waals surface area contributed by atoms with Gasteiger partial charge in [-0.3, -0.25) is 4.79 Å². The van der Waals surface area contributed by atoms with Crippen LogP contribution in [0.5, 0.6) is 0 Å². The predicted octanol–water partition coefficient (Wildman–Crippen LogP) is 3.46. The molecule has 1 heterocycles. The first-order chi connectivity index (χ1) is 7.97. The van der Waals surface area contributed by atoms with Crippen LogP contribution in [0.1, 0.15) is 52.9 Å². The van der Waals surface area contributed by atoms with E-state index in [9.17, 15) is 4.79 Å². The molecule has 2 aliphatic carbocycles. The maximum atomic E-state index is 12.3. The van der Waals surface area contributed by atoms with Gasteiger partial charge in [0.05, 0.1) is 5.41 Å². The molecule has 4 atom stereocenters. The first kappa shape index (κ1) is 11.3. The Labute approximate surface area is 103 Å². The van der Waals surface area contributed by atoms with Crippen molar-refractivity contribution in [2.24, 2.45) is 16.7 Å². The standard InChI is InChI=1S/C15H22O2/c1-10-5-6-11-12(9-10)17-13(16)15(3)8-4-7-14(11,15)2/h9,11-12H,4-8H2,1-3H3. The van der Waals surface area contributed by atoms with Gasteiger partial charge in [-0.1, -0.05) is 18.9 Å². The molecule has 0 bridgehead atoms. The summed E-state index contributed by atoms with van der Waals surface area (Å²) in [5, 5.41) is 0. The van der Waals surface area contributed by atoms with E-state index in [4.69, 9.17) is 4.74 Å². The Morgan fingerprint density at radius 3 is 2.88 bits per heavy atom. The highest BCUT2D eigenvalue weighted by Gasteiger charge is 2.63. The zero-order valence-corrected chi connectivity index (χ0v) is 11.1. The molecule has 0 aromatic rings. The molecule has 1 aliphatic heterocycles. The van der Waals surface area contributed by atoms with Gasteiger partial charge in [-0.2, -0.15) is 0 Å². The molecule has 3 rings (SSSR count). The molecule has 2 heteroatoms. The van der Waals surface area contributed by atoms with Gasteiger partial charge >= 0.3 is 5.97 Å². The van der Waals surface area contributed by atoms with Crippen LogP contribution in [0.15, 0.2) is 11.6 Å². The SMILES string of the molecule is CC1=CC2OC(=O)C3(C)CCCC3(C)C2CC1. The Bertz CT molecular complexity index is 398. The molecule has 0 aromatic heterocycles. The summed E-state index contributed by atoms with van der Waals surface area (Å²) < 4.78 is 5.73. The van der Waals surface area contributed by atoms with Crippen LogP contribution in [0.25, 0.3) is 0 Å². The van der Waals surface area contributed by atoms with Gasteiger partial charge < -0.3 is 4.74 Å². The highest BCUT2D eigenvalue weighted by molar-refractivity contribution is 5.79. The van der Waals surface area contributed by atoms with Gasteiger partial charge in [0.15, 0.2) is 0 Å². The minimum atomic E-state index is -0.229. The van der Waals surface area contributed by atoms with E-state index in [-0.39, 0.29) is 22.9 Å². The van der Waals surface area contributed by atoms with Gasteiger partial charge in [-0.25, -0.2) is 0 Å². The van der Waals surface area contributed by atoms with Gasteiger partial charge in [0.1, 0.15) is 6.10 Å². The smallest absolute Gasteiger partial charge is 0.312 e. The summed E-state index contributed by atoms with van der Waals surface area (Å²) in [4.78, 5) is 12.3. The molecule has 0 aromatic carbocycles. The fraction of sp³-hybridized carbons (Fsp3) is 0.800. The van der Waals surface area contributed by atoms with Crippen LogP contribution in [-0.4, -0.2) is 12.1 Å². The molecule has 1 saturated carbocycles. The van der Waals surface area contributed by atoms with Gasteiger partial charge in [-0.15, -0.1) is 0 Å². The molecule has 94 valence electrons. The Morgan fingerprint density at radius 2 is 2.12 bits per heavy atom. The van der Waals surface area contributed by atoms with Gasteiger partial charge in [0, 0.05) is 5.92 Å². The van der Waals surface area contributed by atoms with Crippen molar-refractivity contribution in [3.05, 3.63) is 11.6 Å². The van der Waals surface area contributed by atoms with E-state index in [1.807, 2.05) is 0 Å². The number of carbonyl (C=O) groups is 1. The molecule has 2 nitrogen and oxygen atoms in total. The van der Waals surface area contributed by atoms with E-state index in [1.165, 1.54) is 31.3 Å². The fourth-order valence-electron chi connectivity index (χ4n) is 4.38. The van der Waals surface area contributed by atoms with Gasteiger partial charge in [-0.05, 0) is 51.0 Å². The number of esters is 1. The zero-order valence-electron chi connectivity index (χ0n) is 11.1. The minimum Gasteiger partial charge on any atom is -0.457 e. The number of hydrogen-bond donors (Lipinski definition) is 0. The molecule has 2 fully saturated rings. The molecule has 0 N–H and O–H groups in total. The maximum absolute atomic E-state index is 12.3. The largest absolute Gasteiger partial charge is 0.457 e. The normalized spacial score (nSPS) is 49.1. The number of fused-ring (bicyclic) bond motifs is 3. The summed E-state index contributed by atoms with van der Waals surface area (Å²) in [5.74, 6) is 0.584. The average molecular weight is 234 g/mol. The predicted molar refractivity (Wildman–Crippen MR) is 66.4 cm³/mol. The van der Waals surface area contributed by atoms with Crippen molar-refractivity contribution in [2.45, 2.75) is 59.0 Å². The van der Waals surface area contributed by atoms with Crippen LogP contribution in [0.4, 0.5) is 0 Å². The highest BCUT2D eigenvalue weighted by Crippen LogP contribution is 2.62. The Kier molecular flexibility index (Phi) is 2.24. The first-order valence-electron chi connectivity index (χ1n) is 6.86. The molecule has 0 radical (unpaired) electrons. The van der Waals surface area contributed by atoms with Crippen molar-refractivity contribution in [1.82, 2.24) is 0 Å². The van der Waals surface area contributed by atoms with Crippen molar-refractivity contribution >= 4 is 5.97 Å². The number of ether oxygens (including phenoxy) is 1. The second kappa shape index (κ2) is 3.37. The number of allylic oxidation sites excluding steroid dienone is 1. The van der Waals surface area contributed by atoms with Crippen molar-refractivity contribution < 1.29 is 9.53 Å². The summed E-state index contributed by atoms with van der Waals surface area (Å²) in [7, 11) is 0. The van der Waals surface area contributed by atoms with E-state index < -0.39 is 0 Å². The topological polar surface area (TPSA) is 26.3 Å². The molecule has 1 saturated heterocycles. The number of carbonyl (C=O) groups excluding carboxylic acids is 1. The van der Waals surface area contributed by atoms with Crippen molar-refractivity contribution in [3.63, 3.8) is 0 Å². The van der Waals surface area contributed by atoms with Crippen LogP contribution in [0.3, 0.4) is 0 Å². The van der Waals surface area contributed by atoms with Crippen LogP contribution in [0, 0.1) is 16.7 Å². The average Bonchev–Trinajstić information content (AvgIpc) is 2.57. The fourth-order valence-corrected chi connectivity index (χ4v) is 4.38. The minimum absolute atomic E-state index is 0.0460. The molecule has 3 aliphatic rings. The summed E-state index contributed by atoms with van der Waals surface area (Å²) in [5.41, 5.74) is 1.31. The third-order valence-electron chi connectivity index (χ3n) is 5.84. The van der Waals surface area contributed by atoms with Gasteiger partial charge in [0.2, 0.25) is 0 Å². The lowest BCUT2D eigenvalue weighted by Gasteiger charge is -2.52. The van der Waals surface area contributed by atoms with E-state index in [2.05, 4.69) is 26.8 Å². The van der Waals surface area contributed by atoms with Crippen LogP contribution in [0.2, 0.25) is 0 Å². The number of rotatable bonds is 0. The summed E-state index contributed by atoms with van der Waals surface area (Å²) >= 11 is 0. The third kappa shape index (κ3) is 1.30. The van der Waals surface area contributed by atoms with Crippen LogP contribution in [-0.2, 0) is 9.53 Å². The highest BCUT2D eigenvalue weighted by atomic mass is 16.5. The van der Waals surface area contributed by atoms with Crippen molar-refractivity contribution in [1.29, 1.82) is 0 Å². The van der Waals surface area contributed by atoms with Crippen molar-refractivity contribution in [2.75, 3.05) is 0 Å². The molecule has 0 spiro atoms. The Balaban J connectivity index is 2.04. The number of hydrogen-bond acceptors (Lipinski definition) is 2. The molecular weight excluding hydrogens is 212 g/mol. The molecular formula is C15H22O2. The van der Waals surface area contributed by atoms with Crippen LogP contribution < -0.4 is 0 Å². The summed E-state index contributed by atoms with van der Waals surface area (Å²) in [6, 6.07) is 0. The van der Waals surface area contributed by atoms with Crippen molar-refractivity contribution in [3.8, 4) is 0 Å². The Morgan fingerprint density at radius 1 is 1.35 bits per heavy atom. The maximum Gasteiger partial charge on any atom is 0.312 e. The van der Waals surface area contributed by atoms with E-state index in [1.54, 1.807) is 0 Å². The first-order valence-corrected chi connectivity index (χ1v) is 6.86. The second-order valence-corrected chi connectivity index (χ2v) is 6.63. The zero-order chi connectivity index (χ0) is 12.3. The third-order valence-corrected chi connectivity index (χ3v) is 5.84. The molecule has 0 amide bonds. The Hall–Kier alpha value is -0.790. The molecule has 17 heavy (non-hydrogen) atoms. The molecule has 4 unspecified atom stereocenters. The summed E-state index contributed by atoms with van der Waals surface area (Å²) in [6.07, 6.45) is 7.97. The van der Waals surface area contributed by atoms with E-state index in [0.717, 1.165) is 6.42 Å². The van der Waals surface area contributed by atoms with Gasteiger partial charge in [0.25, 0.3) is 0 Å². The van der Waals surface area contributed by atoms with E-state index >= 15 is 0 Å². The quantitative estimate of drug-likeness (QED) is 0.474. The van der Waals surface area contributed by atoms with Crippen LogP contribution >= 0.6 is 0 Å². The second-order valence-electron chi connectivity index (χ2n) is 6.63. The van der Waals surface area contributed by atoms with E-state index in [0.29, 0.717) is 5.92 Å². The lowest BCUT2D eigenvalue weighted by molar-refractivity contribution is -0.191. The lowest BCUT2D eigenvalue weighted by Crippen LogP contribution is -2.55. The lowest BCUT2D eigenvalue weighted by atomic mass is 9.56. The monoisotopic (exact) mass is 234 g/mol. The summed E-state index contributed by atoms with van der Waals surface area (Å²) in [6.45, 7) is 6.60.